The van der Waals surface area contributed by atoms with E-state index in [9.17, 15) is 19.5 Å². The molecule has 0 heterocycles. The van der Waals surface area contributed by atoms with Crippen molar-refractivity contribution in [3.63, 3.8) is 0 Å². The van der Waals surface area contributed by atoms with Crippen molar-refractivity contribution >= 4 is 29.2 Å². The highest BCUT2D eigenvalue weighted by Crippen LogP contribution is 2.14. The molecule has 0 aliphatic heterocycles. The third-order valence-electron chi connectivity index (χ3n) is 3.27. The first kappa shape index (κ1) is 17.2. The second-order valence-corrected chi connectivity index (χ2v) is 5.32. The summed E-state index contributed by atoms with van der Waals surface area (Å²) in [6, 6.07) is 13.8. The average Bonchev–Trinajstić information content (AvgIpc) is 2.55. The lowest BCUT2D eigenvalue weighted by Gasteiger charge is -2.09. The molecular weight excluding hydrogens is 308 g/mol. The predicted octanol–water partition coefficient (Wildman–Crippen LogP) is 1.72. The average molecular weight is 325 g/mol. The van der Waals surface area contributed by atoms with Crippen molar-refractivity contribution in [1.29, 1.82) is 0 Å². The predicted molar refractivity (Wildman–Crippen MR) is 88.4 cm³/mol. The van der Waals surface area contributed by atoms with Crippen molar-refractivity contribution in [2.75, 3.05) is 10.6 Å². The first-order chi connectivity index (χ1) is 11.4. The van der Waals surface area contributed by atoms with Crippen LogP contribution in [0.3, 0.4) is 0 Å². The van der Waals surface area contributed by atoms with Crippen molar-refractivity contribution in [3.05, 3.63) is 59.7 Å². The van der Waals surface area contributed by atoms with Gasteiger partial charge in [-0.15, -0.1) is 0 Å². The lowest BCUT2D eigenvalue weighted by atomic mass is 10.1. The Hall–Kier alpha value is -3.15. The maximum absolute atomic E-state index is 12.2. The molecule has 24 heavy (non-hydrogen) atoms. The Morgan fingerprint density at radius 1 is 0.917 bits per heavy atom. The summed E-state index contributed by atoms with van der Waals surface area (Å²) in [5.41, 5.74) is 2.58. The second kappa shape index (κ2) is 7.92. The highest BCUT2D eigenvalue weighted by molar-refractivity contribution is 6.05. The first-order valence-corrected chi connectivity index (χ1v) is 7.42. The molecule has 2 aromatic carbocycles. The van der Waals surface area contributed by atoms with Gasteiger partial charge >= 0.3 is 0 Å². The molecule has 0 saturated heterocycles. The third-order valence-corrected chi connectivity index (χ3v) is 3.27. The zero-order chi connectivity index (χ0) is 17.5. The number of rotatable bonds is 6. The third kappa shape index (κ3) is 5.24. The van der Waals surface area contributed by atoms with Crippen molar-refractivity contribution in [2.45, 2.75) is 19.8 Å². The van der Waals surface area contributed by atoms with Crippen molar-refractivity contribution in [1.82, 2.24) is 0 Å². The largest absolute Gasteiger partial charge is 0.550 e. The summed E-state index contributed by atoms with van der Waals surface area (Å²) in [5, 5.41) is 15.7. The minimum Gasteiger partial charge on any atom is -0.550 e. The Kier molecular flexibility index (Phi) is 5.68. The van der Waals surface area contributed by atoms with E-state index in [-0.39, 0.29) is 18.7 Å². The fraction of sp³-hybridized carbons (Fsp3) is 0.167. The number of benzene rings is 2. The van der Waals surface area contributed by atoms with E-state index in [0.29, 0.717) is 16.9 Å². The van der Waals surface area contributed by atoms with Gasteiger partial charge in [-0.05, 0) is 43.7 Å². The number of carboxylic acids is 1. The Morgan fingerprint density at radius 2 is 1.62 bits per heavy atom. The summed E-state index contributed by atoms with van der Waals surface area (Å²) in [4.78, 5) is 34.2. The first-order valence-electron chi connectivity index (χ1n) is 7.42. The maximum Gasteiger partial charge on any atom is 0.255 e. The fourth-order valence-electron chi connectivity index (χ4n) is 2.02. The Bertz CT molecular complexity index is 754. The molecule has 2 aromatic rings. The van der Waals surface area contributed by atoms with Crippen LogP contribution < -0.4 is 15.7 Å². The molecule has 6 nitrogen and oxygen atoms in total. The summed E-state index contributed by atoms with van der Waals surface area (Å²) in [6.07, 6.45) is -0.526. The van der Waals surface area contributed by atoms with Crippen LogP contribution >= 0.6 is 0 Å². The molecule has 0 fully saturated rings. The number of amides is 2. The minimum atomic E-state index is -1.28. The van der Waals surface area contributed by atoms with E-state index in [1.165, 1.54) is 6.07 Å². The monoisotopic (exact) mass is 325 g/mol. The van der Waals surface area contributed by atoms with Gasteiger partial charge in [0.1, 0.15) is 0 Å². The lowest BCUT2D eigenvalue weighted by Crippen LogP contribution is -2.24. The number of carbonyl (C=O) groups is 3. The molecule has 0 radical (unpaired) electrons. The van der Waals surface area contributed by atoms with Crippen LogP contribution in [0.15, 0.2) is 48.5 Å². The highest BCUT2D eigenvalue weighted by Gasteiger charge is 2.08. The van der Waals surface area contributed by atoms with Crippen LogP contribution in [0.4, 0.5) is 11.4 Å². The summed E-state index contributed by atoms with van der Waals surface area (Å²) in [7, 11) is 0. The van der Waals surface area contributed by atoms with E-state index in [2.05, 4.69) is 10.6 Å². The molecule has 6 heteroatoms. The SMILES string of the molecule is Cc1ccc(NC(=O)c2cccc(NC(=O)CCC(=O)[O-])c2)cc1. The molecule has 0 spiro atoms. The molecule has 2 amide bonds. The lowest BCUT2D eigenvalue weighted by molar-refractivity contribution is -0.305. The summed E-state index contributed by atoms with van der Waals surface area (Å²) in [5.74, 6) is -2.03. The number of nitrogens with one attached hydrogen (secondary N) is 2. The van der Waals surface area contributed by atoms with Gasteiger partial charge < -0.3 is 20.5 Å². The van der Waals surface area contributed by atoms with Crippen LogP contribution in [0.5, 0.6) is 0 Å². The van der Waals surface area contributed by atoms with Gasteiger partial charge in [-0.3, -0.25) is 9.59 Å². The zero-order valence-electron chi connectivity index (χ0n) is 13.2. The smallest absolute Gasteiger partial charge is 0.255 e. The van der Waals surface area contributed by atoms with E-state index in [0.717, 1.165) is 5.56 Å². The standard InChI is InChI=1S/C18H18N2O4/c1-12-5-7-14(8-6-12)20-18(24)13-3-2-4-15(11-13)19-16(21)9-10-17(22)23/h2-8,11H,9-10H2,1H3,(H,19,21)(H,20,24)(H,22,23)/p-1. The summed E-state index contributed by atoms with van der Waals surface area (Å²) >= 11 is 0. The molecular formula is C18H17N2O4-. The number of carbonyl (C=O) groups excluding carboxylic acids is 3. The molecule has 0 unspecified atom stereocenters. The maximum atomic E-state index is 12.2. The van der Waals surface area contributed by atoms with E-state index >= 15 is 0 Å². The number of aryl methyl sites for hydroxylation is 1. The number of aliphatic carboxylic acids is 1. The fourth-order valence-corrected chi connectivity index (χ4v) is 2.02. The molecule has 2 rings (SSSR count). The number of hydrogen-bond acceptors (Lipinski definition) is 4. The van der Waals surface area contributed by atoms with Crippen LogP contribution in [0.2, 0.25) is 0 Å². The van der Waals surface area contributed by atoms with Gasteiger partial charge in [0, 0.05) is 29.3 Å². The number of carboxylic acid groups (broad SMARTS) is 1. The van der Waals surface area contributed by atoms with Gasteiger partial charge in [-0.25, -0.2) is 0 Å². The van der Waals surface area contributed by atoms with Crippen LogP contribution in [-0.2, 0) is 9.59 Å². The van der Waals surface area contributed by atoms with Gasteiger partial charge in [0.25, 0.3) is 5.91 Å². The molecule has 0 atom stereocenters. The summed E-state index contributed by atoms with van der Waals surface area (Å²) in [6.45, 7) is 1.96. The number of hydrogen-bond donors (Lipinski definition) is 2. The Balaban J connectivity index is 2.01. The van der Waals surface area contributed by atoms with Gasteiger partial charge in [-0.1, -0.05) is 23.8 Å². The van der Waals surface area contributed by atoms with Crippen LogP contribution in [0, 0.1) is 6.92 Å². The molecule has 0 saturated carbocycles. The minimum absolute atomic E-state index is 0.178. The van der Waals surface area contributed by atoms with Gasteiger partial charge in [0.15, 0.2) is 0 Å². The number of anilines is 2. The molecule has 124 valence electrons. The highest BCUT2D eigenvalue weighted by atomic mass is 16.4. The Morgan fingerprint density at radius 3 is 2.29 bits per heavy atom. The molecule has 0 bridgehead atoms. The van der Waals surface area contributed by atoms with Crippen LogP contribution in [-0.4, -0.2) is 17.8 Å². The summed E-state index contributed by atoms with van der Waals surface area (Å²) < 4.78 is 0. The molecule has 0 aliphatic carbocycles. The molecule has 2 N–H and O–H groups in total. The quantitative estimate of drug-likeness (QED) is 0.845. The second-order valence-electron chi connectivity index (χ2n) is 5.32. The van der Waals surface area contributed by atoms with Crippen molar-refractivity contribution in [3.8, 4) is 0 Å². The normalized spacial score (nSPS) is 10.0. The Labute approximate surface area is 139 Å². The van der Waals surface area contributed by atoms with E-state index < -0.39 is 11.9 Å². The van der Waals surface area contributed by atoms with Gasteiger partial charge in [-0.2, -0.15) is 0 Å². The zero-order valence-corrected chi connectivity index (χ0v) is 13.2. The van der Waals surface area contributed by atoms with E-state index in [4.69, 9.17) is 0 Å². The van der Waals surface area contributed by atoms with Crippen molar-refractivity contribution in [2.24, 2.45) is 0 Å². The van der Waals surface area contributed by atoms with Crippen molar-refractivity contribution < 1.29 is 19.5 Å². The van der Waals surface area contributed by atoms with Gasteiger partial charge in [0.2, 0.25) is 5.91 Å². The topological polar surface area (TPSA) is 98.3 Å². The van der Waals surface area contributed by atoms with Crippen LogP contribution in [0.25, 0.3) is 0 Å². The van der Waals surface area contributed by atoms with Gasteiger partial charge in [0.05, 0.1) is 0 Å². The van der Waals surface area contributed by atoms with E-state index in [1.54, 1.807) is 30.3 Å². The van der Waals surface area contributed by atoms with E-state index in [1.807, 2.05) is 19.1 Å². The molecule has 0 aliphatic rings. The van der Waals surface area contributed by atoms with Crippen LogP contribution in [0.1, 0.15) is 28.8 Å². The molecule has 0 aromatic heterocycles.